The van der Waals surface area contributed by atoms with Crippen LogP contribution in [0.3, 0.4) is 0 Å². The summed E-state index contributed by atoms with van der Waals surface area (Å²) < 4.78 is 19.6. The van der Waals surface area contributed by atoms with Crippen LogP contribution in [0.25, 0.3) is 0 Å². The molecule has 0 spiro atoms. The molecule has 1 heterocycles. The van der Waals surface area contributed by atoms with Gasteiger partial charge in [0.1, 0.15) is 28.4 Å². The third-order valence-corrected chi connectivity index (χ3v) is 5.76. The molecule has 2 aromatic carbocycles. The van der Waals surface area contributed by atoms with E-state index < -0.39 is 22.8 Å². The summed E-state index contributed by atoms with van der Waals surface area (Å²) in [6, 6.07) is 18.2. The third kappa shape index (κ3) is 4.46. The Morgan fingerprint density at radius 2 is 1.82 bits per heavy atom. The molecule has 0 aliphatic rings. The monoisotopic (exact) mass is 416 g/mol. The normalized spacial score (nSPS) is 13.1. The lowest BCUT2D eigenvalue weighted by Gasteiger charge is -2.23. The Kier molecular flexibility index (Phi) is 6.21. The van der Waals surface area contributed by atoms with E-state index >= 15 is 0 Å². The van der Waals surface area contributed by atoms with E-state index in [0.29, 0.717) is 28.7 Å². The van der Waals surface area contributed by atoms with Crippen molar-refractivity contribution in [1.29, 1.82) is 0 Å². The first kappa shape index (κ1) is 20.2. The number of rotatable bonds is 7. The number of carbonyl (C=O) groups excluding carboxylic acids is 1. The number of carbonyl (C=O) groups is 1. The maximum absolute atomic E-state index is 12.3. The minimum absolute atomic E-state index is 0.402. The van der Waals surface area contributed by atoms with Gasteiger partial charge in [0.05, 0.1) is 6.54 Å². The van der Waals surface area contributed by atoms with Crippen LogP contribution in [-0.4, -0.2) is 16.4 Å². The SMILES string of the molecule is Cc1ccc(C(C(N)=O)c2ccc(N(Cc3ccccc3Cl)S(C)=O)cc2)o1. The highest BCUT2D eigenvalue weighted by Crippen LogP contribution is 2.29. The highest BCUT2D eigenvalue weighted by molar-refractivity contribution is 7.85. The topological polar surface area (TPSA) is 76.5 Å². The molecule has 1 aromatic heterocycles. The molecule has 3 aromatic rings. The van der Waals surface area contributed by atoms with E-state index in [9.17, 15) is 9.00 Å². The van der Waals surface area contributed by atoms with Crippen LogP contribution in [0.1, 0.15) is 28.6 Å². The molecule has 2 N–H and O–H groups in total. The summed E-state index contributed by atoms with van der Waals surface area (Å²) in [5, 5.41) is 0.622. The van der Waals surface area contributed by atoms with Crippen LogP contribution in [0.5, 0.6) is 0 Å². The Hall–Kier alpha value is -2.57. The molecule has 7 heteroatoms. The lowest BCUT2D eigenvalue weighted by atomic mass is 9.95. The predicted molar refractivity (Wildman–Crippen MR) is 113 cm³/mol. The van der Waals surface area contributed by atoms with Crippen LogP contribution < -0.4 is 10.0 Å². The van der Waals surface area contributed by atoms with Crippen molar-refractivity contribution in [3.63, 3.8) is 0 Å². The van der Waals surface area contributed by atoms with E-state index in [2.05, 4.69) is 0 Å². The molecule has 0 aliphatic heterocycles. The number of amides is 1. The van der Waals surface area contributed by atoms with Crippen molar-refractivity contribution in [1.82, 2.24) is 0 Å². The van der Waals surface area contributed by atoms with Crippen molar-refractivity contribution >= 4 is 34.2 Å². The molecule has 2 atom stereocenters. The summed E-state index contributed by atoms with van der Waals surface area (Å²) in [5.41, 5.74) is 7.95. The van der Waals surface area contributed by atoms with Crippen LogP contribution in [-0.2, 0) is 22.3 Å². The average molecular weight is 417 g/mol. The molecule has 5 nitrogen and oxygen atoms in total. The average Bonchev–Trinajstić information content (AvgIpc) is 3.07. The fourth-order valence-electron chi connectivity index (χ4n) is 3.02. The van der Waals surface area contributed by atoms with Gasteiger partial charge in [0.15, 0.2) is 0 Å². The number of halogens is 1. The van der Waals surface area contributed by atoms with Gasteiger partial charge in [-0.2, -0.15) is 0 Å². The molecule has 3 rings (SSSR count). The Bertz CT molecular complexity index is 1000. The van der Waals surface area contributed by atoms with E-state index in [1.54, 1.807) is 40.9 Å². The Labute approximate surface area is 171 Å². The molecular formula is C21H21ClN2O3S. The largest absolute Gasteiger partial charge is 0.465 e. The van der Waals surface area contributed by atoms with E-state index in [0.717, 1.165) is 11.3 Å². The number of aryl methyl sites for hydroxylation is 1. The molecule has 0 bridgehead atoms. The lowest BCUT2D eigenvalue weighted by Crippen LogP contribution is -2.25. The molecule has 0 fully saturated rings. The minimum Gasteiger partial charge on any atom is -0.465 e. The highest BCUT2D eigenvalue weighted by atomic mass is 35.5. The molecule has 1 amide bonds. The van der Waals surface area contributed by atoms with Gasteiger partial charge in [-0.3, -0.25) is 9.10 Å². The second kappa shape index (κ2) is 8.63. The van der Waals surface area contributed by atoms with E-state index in [4.69, 9.17) is 21.8 Å². The van der Waals surface area contributed by atoms with E-state index in [1.807, 2.05) is 37.3 Å². The zero-order valence-corrected chi connectivity index (χ0v) is 17.2. The number of nitrogens with zero attached hydrogens (tertiary/aromatic N) is 1. The van der Waals surface area contributed by atoms with Gasteiger partial charge in [0.25, 0.3) is 0 Å². The summed E-state index contributed by atoms with van der Waals surface area (Å²) in [5.74, 6) is 0.0517. The molecule has 0 radical (unpaired) electrons. The fourth-order valence-corrected chi connectivity index (χ4v) is 3.96. The smallest absolute Gasteiger partial charge is 0.232 e. The maximum atomic E-state index is 12.3. The maximum Gasteiger partial charge on any atom is 0.232 e. The van der Waals surface area contributed by atoms with Gasteiger partial charge in [0, 0.05) is 17.0 Å². The number of primary amides is 1. The van der Waals surface area contributed by atoms with E-state index in [-0.39, 0.29) is 0 Å². The van der Waals surface area contributed by atoms with Gasteiger partial charge in [-0.15, -0.1) is 0 Å². The van der Waals surface area contributed by atoms with Crippen LogP contribution >= 0.6 is 11.6 Å². The zero-order chi connectivity index (χ0) is 20.3. The summed E-state index contributed by atoms with van der Waals surface area (Å²) in [7, 11) is -1.26. The number of anilines is 1. The lowest BCUT2D eigenvalue weighted by molar-refractivity contribution is -0.118. The van der Waals surface area contributed by atoms with Crippen LogP contribution in [0.2, 0.25) is 5.02 Å². The Morgan fingerprint density at radius 1 is 1.14 bits per heavy atom. The molecule has 2 unspecified atom stereocenters. The van der Waals surface area contributed by atoms with Crippen molar-refractivity contribution in [3.8, 4) is 0 Å². The molecule has 0 aliphatic carbocycles. The van der Waals surface area contributed by atoms with Gasteiger partial charge < -0.3 is 10.2 Å². The predicted octanol–water partition coefficient (Wildman–Crippen LogP) is 4.16. The van der Waals surface area contributed by atoms with Crippen LogP contribution in [0, 0.1) is 6.92 Å². The summed E-state index contributed by atoms with van der Waals surface area (Å²) in [6.45, 7) is 2.21. The summed E-state index contributed by atoms with van der Waals surface area (Å²) in [4.78, 5) is 12.0. The molecule has 146 valence electrons. The Balaban J connectivity index is 1.89. The molecule has 0 saturated heterocycles. The first-order chi connectivity index (χ1) is 13.4. The second-order valence-electron chi connectivity index (χ2n) is 6.43. The summed E-state index contributed by atoms with van der Waals surface area (Å²) >= 11 is 6.24. The third-order valence-electron chi connectivity index (χ3n) is 4.43. The van der Waals surface area contributed by atoms with Crippen molar-refractivity contribution in [2.75, 3.05) is 10.6 Å². The standard InChI is InChI=1S/C21H21ClN2O3S/c1-14-7-12-19(27-14)20(21(23)25)15-8-10-17(11-9-15)24(28(2)26)13-16-5-3-4-6-18(16)22/h3-12,20H,13H2,1-2H3,(H2,23,25). The fraction of sp³-hybridized carbons (Fsp3) is 0.190. The van der Waals surface area contributed by atoms with Gasteiger partial charge in [-0.05, 0) is 48.4 Å². The summed E-state index contributed by atoms with van der Waals surface area (Å²) in [6.07, 6.45) is 1.61. The zero-order valence-electron chi connectivity index (χ0n) is 15.6. The first-order valence-electron chi connectivity index (χ1n) is 8.67. The number of nitrogens with two attached hydrogens (primary N) is 1. The van der Waals surface area contributed by atoms with Gasteiger partial charge in [-0.25, -0.2) is 4.21 Å². The molecule has 28 heavy (non-hydrogen) atoms. The van der Waals surface area contributed by atoms with Crippen molar-refractivity contribution < 1.29 is 13.4 Å². The number of hydrogen-bond donors (Lipinski definition) is 1. The number of benzene rings is 2. The van der Waals surface area contributed by atoms with Crippen molar-refractivity contribution in [2.45, 2.75) is 19.4 Å². The minimum atomic E-state index is -1.26. The number of furan rings is 1. The van der Waals surface area contributed by atoms with Gasteiger partial charge >= 0.3 is 0 Å². The van der Waals surface area contributed by atoms with E-state index in [1.165, 1.54) is 0 Å². The molecule has 0 saturated carbocycles. The quantitative estimate of drug-likeness (QED) is 0.628. The van der Waals surface area contributed by atoms with Crippen LogP contribution in [0.15, 0.2) is 65.1 Å². The Morgan fingerprint density at radius 3 is 2.36 bits per heavy atom. The second-order valence-corrected chi connectivity index (χ2v) is 8.12. The molecular weight excluding hydrogens is 396 g/mol. The first-order valence-corrected chi connectivity index (χ1v) is 10.6. The highest BCUT2D eigenvalue weighted by Gasteiger charge is 2.24. The number of hydrogen-bond acceptors (Lipinski definition) is 3. The van der Waals surface area contributed by atoms with Gasteiger partial charge in [-0.1, -0.05) is 41.9 Å². The van der Waals surface area contributed by atoms with Crippen LogP contribution in [0.4, 0.5) is 5.69 Å². The van der Waals surface area contributed by atoms with Crippen molar-refractivity contribution in [2.24, 2.45) is 5.73 Å². The van der Waals surface area contributed by atoms with Crippen molar-refractivity contribution in [3.05, 3.63) is 88.3 Å². The van der Waals surface area contributed by atoms with Gasteiger partial charge in [0.2, 0.25) is 5.91 Å².